The molecule has 0 saturated carbocycles. The van der Waals surface area contributed by atoms with Crippen LogP contribution in [-0.4, -0.2) is 15.0 Å². The zero-order valence-corrected chi connectivity index (χ0v) is 10.2. The van der Waals surface area contributed by atoms with Crippen molar-refractivity contribution < 1.29 is 8.78 Å². The van der Waals surface area contributed by atoms with Gasteiger partial charge >= 0.3 is 0 Å². The molecule has 98 valence electrons. The summed E-state index contributed by atoms with van der Waals surface area (Å²) in [6.07, 6.45) is 0. The maximum Gasteiger partial charge on any atom is 0.161 e. The van der Waals surface area contributed by atoms with Crippen molar-refractivity contribution in [3.05, 3.63) is 59.2 Å². The molecule has 0 radical (unpaired) electrons. The van der Waals surface area contributed by atoms with E-state index in [1.54, 1.807) is 24.3 Å². The van der Waals surface area contributed by atoms with E-state index < -0.39 is 11.6 Å². The van der Waals surface area contributed by atoms with Gasteiger partial charge in [-0.2, -0.15) is 5.26 Å². The number of nitrogens with zero attached hydrogens (tertiary/aromatic N) is 4. The molecule has 3 rings (SSSR count). The summed E-state index contributed by atoms with van der Waals surface area (Å²) in [6, 6.07) is 11.2. The first-order chi connectivity index (χ1) is 9.69. The molecule has 0 atom stereocenters. The standard InChI is InChI=1S/C14H8F2N4/c15-11-5-13-14(6-12(11)16)20(19-18-13)8-10-4-2-1-3-9(10)7-17/h1-6H,8H2. The molecule has 2 aromatic carbocycles. The Balaban J connectivity index is 2.08. The summed E-state index contributed by atoms with van der Waals surface area (Å²) in [6.45, 7) is 0.269. The largest absolute Gasteiger partial charge is 0.240 e. The van der Waals surface area contributed by atoms with Gasteiger partial charge in [-0.05, 0) is 11.6 Å². The van der Waals surface area contributed by atoms with Crippen LogP contribution in [0.3, 0.4) is 0 Å². The van der Waals surface area contributed by atoms with Gasteiger partial charge in [0, 0.05) is 12.1 Å². The van der Waals surface area contributed by atoms with Gasteiger partial charge in [-0.1, -0.05) is 23.4 Å². The molecule has 4 nitrogen and oxygen atoms in total. The Morgan fingerprint density at radius 2 is 1.90 bits per heavy atom. The molecule has 1 heterocycles. The van der Waals surface area contributed by atoms with Crippen LogP contribution in [0.4, 0.5) is 8.78 Å². The summed E-state index contributed by atoms with van der Waals surface area (Å²) >= 11 is 0. The highest BCUT2D eigenvalue weighted by Crippen LogP contribution is 2.18. The molecule has 0 unspecified atom stereocenters. The Labute approximate surface area is 112 Å². The van der Waals surface area contributed by atoms with Gasteiger partial charge in [0.05, 0.1) is 23.7 Å². The Morgan fingerprint density at radius 1 is 1.15 bits per heavy atom. The van der Waals surface area contributed by atoms with E-state index in [2.05, 4.69) is 16.4 Å². The lowest BCUT2D eigenvalue weighted by Gasteiger charge is -2.04. The van der Waals surface area contributed by atoms with Gasteiger partial charge < -0.3 is 0 Å². The first-order valence-corrected chi connectivity index (χ1v) is 5.85. The average molecular weight is 270 g/mol. The van der Waals surface area contributed by atoms with Crippen molar-refractivity contribution >= 4 is 11.0 Å². The highest BCUT2D eigenvalue weighted by Gasteiger charge is 2.11. The summed E-state index contributed by atoms with van der Waals surface area (Å²) in [5.41, 5.74) is 1.92. The Kier molecular flexibility index (Phi) is 2.88. The van der Waals surface area contributed by atoms with E-state index >= 15 is 0 Å². The fourth-order valence-corrected chi connectivity index (χ4v) is 2.01. The van der Waals surface area contributed by atoms with Gasteiger partial charge in [-0.3, -0.25) is 0 Å². The molecule has 6 heteroatoms. The van der Waals surface area contributed by atoms with E-state index in [1.165, 1.54) is 4.68 Å². The number of aromatic nitrogens is 3. The maximum atomic E-state index is 13.3. The molecule has 0 spiro atoms. The number of nitriles is 1. The van der Waals surface area contributed by atoms with Crippen LogP contribution in [-0.2, 0) is 6.54 Å². The van der Waals surface area contributed by atoms with Gasteiger partial charge in [-0.25, -0.2) is 13.5 Å². The number of hydrogen-bond acceptors (Lipinski definition) is 3. The molecule has 3 aromatic rings. The third-order valence-electron chi connectivity index (χ3n) is 3.01. The van der Waals surface area contributed by atoms with Crippen molar-refractivity contribution in [2.75, 3.05) is 0 Å². The van der Waals surface area contributed by atoms with E-state index in [4.69, 9.17) is 5.26 Å². The maximum absolute atomic E-state index is 13.3. The Morgan fingerprint density at radius 3 is 2.70 bits per heavy atom. The summed E-state index contributed by atoms with van der Waals surface area (Å²) in [4.78, 5) is 0. The van der Waals surface area contributed by atoms with Crippen LogP contribution in [0.2, 0.25) is 0 Å². The molecule has 0 N–H and O–H groups in total. The fourth-order valence-electron chi connectivity index (χ4n) is 2.01. The van der Waals surface area contributed by atoms with Crippen molar-refractivity contribution in [2.24, 2.45) is 0 Å². The average Bonchev–Trinajstić information content (AvgIpc) is 2.82. The van der Waals surface area contributed by atoms with Gasteiger partial charge in [0.2, 0.25) is 0 Å². The van der Waals surface area contributed by atoms with E-state index in [9.17, 15) is 8.78 Å². The van der Waals surface area contributed by atoms with Crippen LogP contribution in [0.15, 0.2) is 36.4 Å². The smallest absolute Gasteiger partial charge is 0.161 e. The van der Waals surface area contributed by atoms with E-state index in [-0.39, 0.29) is 12.1 Å². The minimum absolute atomic E-state index is 0.269. The van der Waals surface area contributed by atoms with Crippen molar-refractivity contribution in [3.8, 4) is 6.07 Å². The predicted octanol–water partition coefficient (Wildman–Crippen LogP) is 2.63. The molecular formula is C14H8F2N4. The second kappa shape index (κ2) is 4.70. The Hall–Kier alpha value is -2.81. The van der Waals surface area contributed by atoms with Gasteiger partial charge in [0.1, 0.15) is 5.52 Å². The van der Waals surface area contributed by atoms with E-state index in [1.807, 2.05) is 0 Å². The topological polar surface area (TPSA) is 54.5 Å². The number of fused-ring (bicyclic) bond motifs is 1. The molecule has 20 heavy (non-hydrogen) atoms. The minimum Gasteiger partial charge on any atom is -0.240 e. The lowest BCUT2D eigenvalue weighted by Crippen LogP contribution is -2.04. The zero-order chi connectivity index (χ0) is 14.1. The van der Waals surface area contributed by atoms with Crippen LogP contribution < -0.4 is 0 Å². The second-order valence-corrected chi connectivity index (χ2v) is 4.27. The quantitative estimate of drug-likeness (QED) is 0.719. The van der Waals surface area contributed by atoms with Crippen LogP contribution >= 0.6 is 0 Å². The number of hydrogen-bond donors (Lipinski definition) is 0. The summed E-state index contributed by atoms with van der Waals surface area (Å²) < 4.78 is 27.8. The van der Waals surface area contributed by atoms with Crippen molar-refractivity contribution in [2.45, 2.75) is 6.54 Å². The van der Waals surface area contributed by atoms with Crippen LogP contribution in [0.1, 0.15) is 11.1 Å². The number of rotatable bonds is 2. The number of halogens is 2. The van der Waals surface area contributed by atoms with Gasteiger partial charge in [0.25, 0.3) is 0 Å². The predicted molar refractivity (Wildman–Crippen MR) is 67.7 cm³/mol. The summed E-state index contributed by atoms with van der Waals surface area (Å²) in [5, 5.41) is 16.7. The summed E-state index contributed by atoms with van der Waals surface area (Å²) in [7, 11) is 0. The fraction of sp³-hybridized carbons (Fsp3) is 0.0714. The van der Waals surface area contributed by atoms with E-state index in [0.29, 0.717) is 11.1 Å². The molecule has 0 saturated heterocycles. The van der Waals surface area contributed by atoms with Gasteiger partial charge in [0.15, 0.2) is 11.6 Å². The molecule has 0 amide bonds. The normalized spacial score (nSPS) is 10.7. The monoisotopic (exact) mass is 270 g/mol. The first kappa shape index (κ1) is 12.2. The number of benzene rings is 2. The van der Waals surface area contributed by atoms with Crippen molar-refractivity contribution in [3.63, 3.8) is 0 Å². The molecule has 0 aliphatic heterocycles. The van der Waals surface area contributed by atoms with Gasteiger partial charge in [-0.15, -0.1) is 5.10 Å². The van der Waals surface area contributed by atoms with Crippen LogP contribution in [0.5, 0.6) is 0 Å². The molecule has 1 aromatic heterocycles. The first-order valence-electron chi connectivity index (χ1n) is 5.85. The van der Waals surface area contributed by atoms with Crippen molar-refractivity contribution in [1.82, 2.24) is 15.0 Å². The molecule has 0 fully saturated rings. The molecule has 0 aliphatic rings. The third kappa shape index (κ3) is 1.99. The highest BCUT2D eigenvalue weighted by molar-refractivity contribution is 5.74. The van der Waals surface area contributed by atoms with E-state index in [0.717, 1.165) is 17.7 Å². The van der Waals surface area contributed by atoms with Crippen molar-refractivity contribution in [1.29, 1.82) is 5.26 Å². The Bertz CT molecular complexity index is 833. The lowest BCUT2D eigenvalue weighted by atomic mass is 10.1. The van der Waals surface area contributed by atoms with Crippen LogP contribution in [0, 0.1) is 23.0 Å². The molecule has 0 aliphatic carbocycles. The lowest BCUT2D eigenvalue weighted by molar-refractivity contribution is 0.510. The third-order valence-corrected chi connectivity index (χ3v) is 3.01. The molecule has 0 bridgehead atoms. The highest BCUT2D eigenvalue weighted by atomic mass is 19.2. The zero-order valence-electron chi connectivity index (χ0n) is 10.2. The second-order valence-electron chi connectivity index (χ2n) is 4.27. The molecular weight excluding hydrogens is 262 g/mol. The summed E-state index contributed by atoms with van der Waals surface area (Å²) in [5.74, 6) is -1.91. The minimum atomic E-state index is -0.957. The SMILES string of the molecule is N#Cc1ccccc1Cn1nnc2cc(F)c(F)cc21. The van der Waals surface area contributed by atoms with Crippen LogP contribution in [0.25, 0.3) is 11.0 Å².